The summed E-state index contributed by atoms with van der Waals surface area (Å²) in [5.74, 6) is -2.77. The van der Waals surface area contributed by atoms with E-state index in [1.54, 1.807) is 0 Å². The molecular weight excluding hydrogens is 192 g/mol. The number of aliphatic hydroxyl groups is 4. The molecule has 0 bridgehead atoms. The maximum Gasteiger partial charge on any atom is 0.229 e. The van der Waals surface area contributed by atoms with E-state index in [9.17, 15) is 20.1 Å². The quantitative estimate of drug-likeness (QED) is 0.407. The van der Waals surface area contributed by atoms with E-state index in [0.29, 0.717) is 0 Å². The molecule has 1 aliphatic heterocycles. The minimum absolute atomic E-state index is 0.389. The first-order valence-corrected chi connectivity index (χ1v) is 4.29. The fourth-order valence-electron chi connectivity index (χ4n) is 1.39. The molecule has 6 nitrogen and oxygen atoms in total. The maximum atomic E-state index is 11.0. The monoisotopic (exact) mass is 206 g/mol. The molecule has 82 valence electrons. The molecule has 0 aromatic rings. The number of hydrogen-bond donors (Lipinski definition) is 4. The van der Waals surface area contributed by atoms with Crippen LogP contribution in [0.25, 0.3) is 0 Å². The number of Topliss-reactive ketones (excluding diaryl/α,β-unsaturated/α-hetero) is 1. The normalized spacial score (nSPS) is 43.6. The van der Waals surface area contributed by atoms with E-state index in [-0.39, 0.29) is 6.42 Å². The molecule has 0 radical (unpaired) electrons. The molecule has 0 aliphatic carbocycles. The highest BCUT2D eigenvalue weighted by Crippen LogP contribution is 2.27. The highest BCUT2D eigenvalue weighted by atomic mass is 16.6. The summed E-state index contributed by atoms with van der Waals surface area (Å²) in [4.78, 5) is 11.0. The van der Waals surface area contributed by atoms with Crippen LogP contribution in [-0.2, 0) is 9.53 Å². The van der Waals surface area contributed by atoms with Crippen LogP contribution < -0.4 is 0 Å². The Labute approximate surface area is 80.7 Å². The first kappa shape index (κ1) is 11.5. The Balaban J connectivity index is 2.81. The van der Waals surface area contributed by atoms with Gasteiger partial charge in [0.05, 0.1) is 12.7 Å². The van der Waals surface area contributed by atoms with Gasteiger partial charge in [-0.15, -0.1) is 0 Å². The van der Waals surface area contributed by atoms with Gasteiger partial charge in [0.1, 0.15) is 12.2 Å². The lowest BCUT2D eigenvalue weighted by Gasteiger charge is -2.40. The number of carbonyl (C=O) groups is 1. The Kier molecular flexibility index (Phi) is 3.23. The van der Waals surface area contributed by atoms with Crippen molar-refractivity contribution in [2.45, 2.75) is 37.4 Å². The smallest absolute Gasteiger partial charge is 0.229 e. The van der Waals surface area contributed by atoms with Gasteiger partial charge in [0.15, 0.2) is 5.78 Å². The minimum Gasteiger partial charge on any atom is -0.394 e. The van der Waals surface area contributed by atoms with Gasteiger partial charge in [-0.3, -0.25) is 4.79 Å². The van der Waals surface area contributed by atoms with Gasteiger partial charge < -0.3 is 25.2 Å². The standard InChI is InChI=1S/C8H14O6/c1-4(10)8(13)2-5(11)7(12)6(3-9)14-8/h5-7,9,11-13H,2-3H2,1H3/t5-,6-,7+,8?/m1/s1. The molecular formula is C8H14O6. The maximum absolute atomic E-state index is 11.0. The number of aliphatic hydroxyl groups excluding tert-OH is 3. The lowest BCUT2D eigenvalue weighted by molar-refractivity contribution is -0.288. The first-order chi connectivity index (χ1) is 6.40. The van der Waals surface area contributed by atoms with Gasteiger partial charge in [-0.1, -0.05) is 0 Å². The van der Waals surface area contributed by atoms with Crippen LogP contribution in [0.15, 0.2) is 0 Å². The van der Waals surface area contributed by atoms with Gasteiger partial charge in [0.25, 0.3) is 0 Å². The molecule has 1 aliphatic rings. The Morgan fingerprint density at radius 3 is 2.57 bits per heavy atom. The van der Waals surface area contributed by atoms with Gasteiger partial charge in [0, 0.05) is 13.3 Å². The zero-order valence-corrected chi connectivity index (χ0v) is 7.75. The number of hydrogen-bond acceptors (Lipinski definition) is 6. The van der Waals surface area contributed by atoms with Crippen LogP contribution in [0.3, 0.4) is 0 Å². The largest absolute Gasteiger partial charge is 0.394 e. The Morgan fingerprint density at radius 2 is 2.14 bits per heavy atom. The van der Waals surface area contributed by atoms with Gasteiger partial charge in [-0.2, -0.15) is 0 Å². The zero-order valence-electron chi connectivity index (χ0n) is 7.75. The topological polar surface area (TPSA) is 107 Å². The van der Waals surface area contributed by atoms with Crippen LogP contribution in [-0.4, -0.2) is 56.9 Å². The van der Waals surface area contributed by atoms with Gasteiger partial charge >= 0.3 is 0 Å². The third-order valence-corrected chi connectivity index (χ3v) is 2.34. The second-order valence-electron chi connectivity index (χ2n) is 3.44. The lowest BCUT2D eigenvalue weighted by atomic mass is 9.94. The summed E-state index contributed by atoms with van der Waals surface area (Å²) in [7, 11) is 0. The van der Waals surface area contributed by atoms with Crippen molar-refractivity contribution in [3.8, 4) is 0 Å². The molecule has 0 aromatic heterocycles. The van der Waals surface area contributed by atoms with Crippen molar-refractivity contribution < 1.29 is 30.0 Å². The van der Waals surface area contributed by atoms with Gasteiger partial charge in [-0.25, -0.2) is 0 Å². The summed E-state index contributed by atoms with van der Waals surface area (Å²) in [6, 6.07) is 0. The highest BCUT2D eigenvalue weighted by molar-refractivity contribution is 5.83. The van der Waals surface area contributed by atoms with E-state index >= 15 is 0 Å². The van der Waals surface area contributed by atoms with Gasteiger partial charge in [-0.05, 0) is 0 Å². The van der Waals surface area contributed by atoms with Crippen molar-refractivity contribution in [1.82, 2.24) is 0 Å². The van der Waals surface area contributed by atoms with Crippen molar-refractivity contribution in [2.24, 2.45) is 0 Å². The van der Waals surface area contributed by atoms with Crippen LogP contribution in [0.2, 0.25) is 0 Å². The zero-order chi connectivity index (χ0) is 10.9. The van der Waals surface area contributed by atoms with Crippen LogP contribution in [0.4, 0.5) is 0 Å². The SMILES string of the molecule is CC(=O)C1(O)C[C@@H](O)[C@H](O)[C@@H](CO)O1. The minimum atomic E-state index is -2.11. The molecule has 1 saturated heterocycles. The van der Waals surface area contributed by atoms with E-state index in [1.807, 2.05) is 0 Å². The summed E-state index contributed by atoms with van der Waals surface area (Å²) >= 11 is 0. The van der Waals surface area contributed by atoms with Crippen molar-refractivity contribution in [3.63, 3.8) is 0 Å². The van der Waals surface area contributed by atoms with E-state index in [4.69, 9.17) is 9.84 Å². The summed E-state index contributed by atoms with van der Waals surface area (Å²) in [5.41, 5.74) is 0. The molecule has 1 unspecified atom stereocenters. The molecule has 4 atom stereocenters. The Bertz CT molecular complexity index is 230. The Hall–Kier alpha value is -0.530. The van der Waals surface area contributed by atoms with E-state index in [1.165, 1.54) is 0 Å². The molecule has 6 heteroatoms. The van der Waals surface area contributed by atoms with Crippen molar-refractivity contribution in [2.75, 3.05) is 6.61 Å². The molecule has 0 amide bonds. The van der Waals surface area contributed by atoms with Crippen LogP contribution in [0.5, 0.6) is 0 Å². The molecule has 0 spiro atoms. The van der Waals surface area contributed by atoms with E-state index in [2.05, 4.69) is 0 Å². The number of rotatable bonds is 2. The molecule has 14 heavy (non-hydrogen) atoms. The highest BCUT2D eigenvalue weighted by Gasteiger charge is 2.47. The van der Waals surface area contributed by atoms with Crippen molar-refractivity contribution in [3.05, 3.63) is 0 Å². The summed E-state index contributed by atoms with van der Waals surface area (Å²) < 4.78 is 4.81. The predicted molar refractivity (Wildman–Crippen MR) is 44.2 cm³/mol. The fraction of sp³-hybridized carbons (Fsp3) is 0.875. The molecule has 1 rings (SSSR count). The number of ether oxygens (including phenoxy) is 1. The third kappa shape index (κ3) is 1.94. The number of ketones is 1. The Morgan fingerprint density at radius 1 is 1.57 bits per heavy atom. The molecule has 0 aromatic carbocycles. The first-order valence-electron chi connectivity index (χ1n) is 4.29. The third-order valence-electron chi connectivity index (χ3n) is 2.34. The average molecular weight is 206 g/mol. The van der Waals surface area contributed by atoms with E-state index < -0.39 is 36.5 Å². The predicted octanol–water partition coefficient (Wildman–Crippen LogP) is -2.23. The summed E-state index contributed by atoms with van der Waals surface area (Å²) in [5, 5.41) is 37.0. The fourth-order valence-corrected chi connectivity index (χ4v) is 1.39. The van der Waals surface area contributed by atoms with Crippen molar-refractivity contribution >= 4 is 5.78 Å². The summed E-state index contributed by atoms with van der Waals surface area (Å²) in [6.07, 6.45) is -4.11. The summed E-state index contributed by atoms with van der Waals surface area (Å²) in [6.45, 7) is 0.534. The molecule has 1 heterocycles. The van der Waals surface area contributed by atoms with Crippen molar-refractivity contribution in [1.29, 1.82) is 0 Å². The molecule has 0 saturated carbocycles. The molecule has 4 N–H and O–H groups in total. The second-order valence-corrected chi connectivity index (χ2v) is 3.44. The lowest BCUT2D eigenvalue weighted by Crippen LogP contribution is -2.58. The average Bonchev–Trinajstić information content (AvgIpc) is 2.11. The second kappa shape index (κ2) is 3.92. The molecule has 1 fully saturated rings. The van der Waals surface area contributed by atoms with Crippen LogP contribution in [0, 0.1) is 0 Å². The van der Waals surface area contributed by atoms with Crippen LogP contribution in [0.1, 0.15) is 13.3 Å². The van der Waals surface area contributed by atoms with E-state index in [0.717, 1.165) is 6.92 Å². The van der Waals surface area contributed by atoms with Gasteiger partial charge in [0.2, 0.25) is 5.79 Å². The van der Waals surface area contributed by atoms with Crippen LogP contribution >= 0.6 is 0 Å². The number of carbonyl (C=O) groups excluding carboxylic acids is 1.